The number of ether oxygens (including phenoxy) is 1. The summed E-state index contributed by atoms with van der Waals surface area (Å²) in [6.07, 6.45) is 2.84. The van der Waals surface area contributed by atoms with Crippen LogP contribution in [0.15, 0.2) is 60.9 Å². The van der Waals surface area contributed by atoms with Crippen LogP contribution in [0.2, 0.25) is 0 Å². The molecule has 0 bridgehead atoms. The van der Waals surface area contributed by atoms with Crippen molar-refractivity contribution < 1.29 is 14.3 Å². The zero-order valence-electron chi connectivity index (χ0n) is 14.9. The highest BCUT2D eigenvalue weighted by Crippen LogP contribution is 2.18. The minimum Gasteiger partial charge on any atom is -0.497 e. The molecular weight excluding hydrogens is 344 g/mol. The van der Waals surface area contributed by atoms with Gasteiger partial charge in [0.05, 0.1) is 19.5 Å². The number of hydrogen-bond donors (Lipinski definition) is 2. The van der Waals surface area contributed by atoms with Gasteiger partial charge in [-0.2, -0.15) is 0 Å². The Kier molecular flexibility index (Phi) is 5.41. The van der Waals surface area contributed by atoms with Gasteiger partial charge in [0.25, 0.3) is 5.91 Å². The molecule has 3 rings (SSSR count). The maximum absolute atomic E-state index is 12.3. The third-order valence-corrected chi connectivity index (χ3v) is 3.75. The lowest BCUT2D eigenvalue weighted by atomic mass is 10.1. The average molecular weight is 362 g/mol. The van der Waals surface area contributed by atoms with Crippen LogP contribution >= 0.6 is 0 Å². The summed E-state index contributed by atoms with van der Waals surface area (Å²) < 4.78 is 5.13. The van der Waals surface area contributed by atoms with Crippen LogP contribution in [0.5, 0.6) is 5.75 Å². The fourth-order valence-electron chi connectivity index (χ4n) is 2.37. The topological polar surface area (TPSA) is 93.2 Å². The lowest BCUT2D eigenvalue weighted by Gasteiger charge is -2.08. The molecule has 0 atom stereocenters. The lowest BCUT2D eigenvalue weighted by molar-refractivity contribution is 0.101. The quantitative estimate of drug-likeness (QED) is 0.650. The molecule has 27 heavy (non-hydrogen) atoms. The minimum atomic E-state index is -0.374. The van der Waals surface area contributed by atoms with Crippen LogP contribution in [0.4, 0.5) is 17.2 Å². The number of rotatable bonds is 6. The molecule has 0 fully saturated rings. The predicted octanol–water partition coefficient (Wildman–Crippen LogP) is 3.68. The van der Waals surface area contributed by atoms with Crippen LogP contribution in [-0.2, 0) is 0 Å². The van der Waals surface area contributed by atoms with Crippen LogP contribution in [0, 0.1) is 0 Å². The normalized spacial score (nSPS) is 10.1. The number of ketones is 1. The summed E-state index contributed by atoms with van der Waals surface area (Å²) in [5.41, 5.74) is 2.10. The number of carbonyl (C=O) groups excluding carboxylic acids is 2. The summed E-state index contributed by atoms with van der Waals surface area (Å²) in [5, 5.41) is 5.80. The van der Waals surface area contributed by atoms with E-state index < -0.39 is 0 Å². The molecule has 0 saturated heterocycles. The highest BCUT2D eigenvalue weighted by Gasteiger charge is 2.09. The number of nitrogens with one attached hydrogen (secondary N) is 2. The third kappa shape index (κ3) is 4.66. The summed E-state index contributed by atoms with van der Waals surface area (Å²) in [6.45, 7) is 1.51. The van der Waals surface area contributed by atoms with E-state index in [-0.39, 0.29) is 17.4 Å². The molecule has 0 aliphatic heterocycles. The monoisotopic (exact) mass is 362 g/mol. The second kappa shape index (κ2) is 8.09. The number of amides is 1. The standard InChI is InChI=1S/C20H18N4O3/c1-13(25)14-5-3-6-15(9-14)23-19-12-21-18(11-22-19)20(26)24-16-7-4-8-17(10-16)27-2/h3-12H,1-2H3,(H,22,23)(H,24,26). The predicted molar refractivity (Wildman–Crippen MR) is 103 cm³/mol. The van der Waals surface area contributed by atoms with Crippen molar-refractivity contribution in [1.29, 1.82) is 0 Å². The van der Waals surface area contributed by atoms with E-state index in [9.17, 15) is 9.59 Å². The van der Waals surface area contributed by atoms with Gasteiger partial charge in [0.1, 0.15) is 17.3 Å². The van der Waals surface area contributed by atoms with Crippen molar-refractivity contribution >= 4 is 28.9 Å². The maximum atomic E-state index is 12.3. The van der Waals surface area contributed by atoms with Gasteiger partial charge in [-0.3, -0.25) is 9.59 Å². The molecular formula is C20H18N4O3. The minimum absolute atomic E-state index is 0.0192. The van der Waals surface area contributed by atoms with Gasteiger partial charge in [-0.25, -0.2) is 9.97 Å². The zero-order chi connectivity index (χ0) is 19.2. The van der Waals surface area contributed by atoms with Gasteiger partial charge < -0.3 is 15.4 Å². The Labute approximate surface area is 156 Å². The largest absolute Gasteiger partial charge is 0.497 e. The van der Waals surface area contributed by atoms with Crippen molar-refractivity contribution in [2.45, 2.75) is 6.92 Å². The number of carbonyl (C=O) groups is 2. The summed E-state index contributed by atoms with van der Waals surface area (Å²) in [7, 11) is 1.56. The van der Waals surface area contributed by atoms with E-state index in [1.165, 1.54) is 19.3 Å². The number of hydrogen-bond acceptors (Lipinski definition) is 6. The Balaban J connectivity index is 1.68. The first kappa shape index (κ1) is 18.1. The van der Waals surface area contributed by atoms with Gasteiger partial charge in [0, 0.05) is 23.0 Å². The summed E-state index contributed by atoms with van der Waals surface area (Å²) in [4.78, 5) is 32.1. The molecule has 7 nitrogen and oxygen atoms in total. The van der Waals surface area contributed by atoms with Crippen LogP contribution < -0.4 is 15.4 Å². The van der Waals surface area contributed by atoms with Crippen LogP contribution in [0.1, 0.15) is 27.8 Å². The molecule has 1 heterocycles. The Hall–Kier alpha value is -3.74. The Morgan fingerprint density at radius 2 is 1.74 bits per heavy atom. The van der Waals surface area contributed by atoms with E-state index in [1.807, 2.05) is 6.07 Å². The maximum Gasteiger partial charge on any atom is 0.275 e. The number of nitrogens with zero attached hydrogens (tertiary/aromatic N) is 2. The van der Waals surface area contributed by atoms with E-state index in [0.29, 0.717) is 28.5 Å². The molecule has 2 N–H and O–H groups in total. The van der Waals surface area contributed by atoms with Crippen LogP contribution in [-0.4, -0.2) is 28.8 Å². The molecule has 1 aromatic heterocycles. The Morgan fingerprint density at radius 3 is 2.44 bits per heavy atom. The van der Waals surface area contributed by atoms with Gasteiger partial charge in [0.2, 0.25) is 0 Å². The van der Waals surface area contributed by atoms with Crippen molar-refractivity contribution in [1.82, 2.24) is 9.97 Å². The SMILES string of the molecule is COc1cccc(NC(=O)c2cnc(Nc3cccc(C(C)=O)c3)cn2)c1. The second-order valence-electron chi connectivity index (χ2n) is 5.73. The van der Waals surface area contributed by atoms with E-state index in [4.69, 9.17) is 4.74 Å². The van der Waals surface area contributed by atoms with Gasteiger partial charge >= 0.3 is 0 Å². The van der Waals surface area contributed by atoms with Crippen molar-refractivity contribution in [3.05, 3.63) is 72.2 Å². The number of methoxy groups -OCH3 is 1. The van der Waals surface area contributed by atoms with Gasteiger partial charge in [0.15, 0.2) is 5.78 Å². The van der Waals surface area contributed by atoms with Crippen molar-refractivity contribution in [3.8, 4) is 5.75 Å². The average Bonchev–Trinajstić information content (AvgIpc) is 2.69. The zero-order valence-corrected chi connectivity index (χ0v) is 14.9. The second-order valence-corrected chi connectivity index (χ2v) is 5.73. The highest BCUT2D eigenvalue weighted by atomic mass is 16.5. The molecule has 0 aliphatic carbocycles. The fraction of sp³-hybridized carbons (Fsp3) is 0.100. The van der Waals surface area contributed by atoms with Gasteiger partial charge in [-0.1, -0.05) is 18.2 Å². The lowest BCUT2D eigenvalue weighted by Crippen LogP contribution is -2.14. The van der Waals surface area contributed by atoms with Crippen molar-refractivity contribution in [2.75, 3.05) is 17.7 Å². The molecule has 0 spiro atoms. The van der Waals surface area contributed by atoms with Gasteiger partial charge in [-0.15, -0.1) is 0 Å². The van der Waals surface area contributed by atoms with Crippen LogP contribution in [0.3, 0.4) is 0 Å². The molecule has 0 unspecified atom stereocenters. The molecule has 7 heteroatoms. The third-order valence-electron chi connectivity index (χ3n) is 3.75. The number of benzene rings is 2. The summed E-state index contributed by atoms with van der Waals surface area (Å²) >= 11 is 0. The summed E-state index contributed by atoms with van der Waals surface area (Å²) in [6, 6.07) is 14.1. The Morgan fingerprint density at radius 1 is 0.963 bits per heavy atom. The van der Waals surface area contributed by atoms with Crippen molar-refractivity contribution in [2.24, 2.45) is 0 Å². The summed E-state index contributed by atoms with van der Waals surface area (Å²) in [5.74, 6) is 0.718. The molecule has 2 aromatic carbocycles. The first-order valence-corrected chi connectivity index (χ1v) is 8.20. The molecule has 1 amide bonds. The fourth-order valence-corrected chi connectivity index (χ4v) is 2.37. The molecule has 0 radical (unpaired) electrons. The molecule has 0 aliphatic rings. The number of anilines is 3. The first-order valence-electron chi connectivity index (χ1n) is 8.20. The van der Waals surface area contributed by atoms with E-state index in [2.05, 4.69) is 20.6 Å². The molecule has 3 aromatic rings. The molecule has 136 valence electrons. The van der Waals surface area contributed by atoms with Crippen LogP contribution in [0.25, 0.3) is 0 Å². The smallest absolute Gasteiger partial charge is 0.275 e. The van der Waals surface area contributed by atoms with E-state index in [1.54, 1.807) is 49.6 Å². The highest BCUT2D eigenvalue weighted by molar-refractivity contribution is 6.02. The van der Waals surface area contributed by atoms with E-state index in [0.717, 1.165) is 0 Å². The van der Waals surface area contributed by atoms with E-state index >= 15 is 0 Å². The van der Waals surface area contributed by atoms with Gasteiger partial charge in [-0.05, 0) is 31.2 Å². The number of aromatic nitrogens is 2. The first-order chi connectivity index (χ1) is 13.0. The van der Waals surface area contributed by atoms with Crippen molar-refractivity contribution in [3.63, 3.8) is 0 Å². The number of Topliss-reactive ketones (excluding diaryl/α,β-unsaturated/α-hetero) is 1. The molecule has 0 saturated carbocycles. The Bertz CT molecular complexity index is 971.